The maximum absolute atomic E-state index is 12.0. The minimum absolute atomic E-state index is 0.197. The third-order valence-electron chi connectivity index (χ3n) is 2.59. The Labute approximate surface area is 114 Å². The smallest absolute Gasteiger partial charge is 0.237 e. The molecule has 0 radical (unpaired) electrons. The molecule has 0 atom stereocenters. The summed E-state index contributed by atoms with van der Waals surface area (Å²) in [6.45, 7) is 6.57. The van der Waals surface area contributed by atoms with Crippen molar-refractivity contribution in [2.75, 3.05) is 11.3 Å². The molecule has 0 unspecified atom stereocenters. The second kappa shape index (κ2) is 5.64. The average Bonchev–Trinajstić information content (AvgIpc) is 2.26. The molecule has 104 valence electrons. The van der Waals surface area contributed by atoms with E-state index in [0.29, 0.717) is 5.69 Å². The van der Waals surface area contributed by atoms with Crippen LogP contribution in [0.2, 0.25) is 0 Å². The summed E-state index contributed by atoms with van der Waals surface area (Å²) in [5, 5.41) is 8.65. The van der Waals surface area contributed by atoms with Gasteiger partial charge in [-0.05, 0) is 51.5 Å². The quantitative estimate of drug-likeness (QED) is 0.813. The van der Waals surface area contributed by atoms with Crippen molar-refractivity contribution in [1.82, 2.24) is 0 Å². The van der Waals surface area contributed by atoms with Crippen molar-refractivity contribution in [2.45, 2.75) is 32.4 Å². The Bertz CT molecular complexity index is 616. The fourth-order valence-electron chi connectivity index (χ4n) is 1.31. The van der Waals surface area contributed by atoms with Gasteiger partial charge in [-0.3, -0.25) is 4.72 Å². The zero-order valence-electron chi connectivity index (χ0n) is 11.6. The molecule has 0 bridgehead atoms. The van der Waals surface area contributed by atoms with Crippen molar-refractivity contribution in [3.8, 4) is 11.8 Å². The van der Waals surface area contributed by atoms with Gasteiger partial charge in [-0.15, -0.1) is 0 Å². The lowest BCUT2D eigenvalue weighted by atomic mass is 10.1. The lowest BCUT2D eigenvalue weighted by Gasteiger charge is -2.20. The van der Waals surface area contributed by atoms with E-state index in [9.17, 15) is 8.42 Å². The maximum Gasteiger partial charge on any atom is 0.237 e. The number of rotatable bonds is 2. The lowest BCUT2D eigenvalue weighted by molar-refractivity contribution is 0.350. The molecule has 0 aromatic heterocycles. The fraction of sp³-hybridized carbons (Fsp3) is 0.429. The van der Waals surface area contributed by atoms with E-state index in [0.717, 1.165) is 11.1 Å². The van der Waals surface area contributed by atoms with E-state index in [1.165, 1.54) is 0 Å². The molecule has 4 nitrogen and oxygen atoms in total. The van der Waals surface area contributed by atoms with Crippen molar-refractivity contribution in [1.29, 1.82) is 0 Å². The number of sulfonamides is 1. The van der Waals surface area contributed by atoms with E-state index < -0.39 is 14.8 Å². The van der Waals surface area contributed by atoms with Gasteiger partial charge in [0.05, 0.1) is 4.75 Å². The Hall–Kier alpha value is -1.51. The highest BCUT2D eigenvalue weighted by atomic mass is 32.2. The van der Waals surface area contributed by atoms with Gasteiger partial charge in [-0.25, -0.2) is 8.42 Å². The van der Waals surface area contributed by atoms with Gasteiger partial charge in [0.25, 0.3) is 0 Å². The first-order chi connectivity index (χ1) is 8.67. The first kappa shape index (κ1) is 15.5. The summed E-state index contributed by atoms with van der Waals surface area (Å²) >= 11 is 0. The van der Waals surface area contributed by atoms with Crippen LogP contribution >= 0.6 is 0 Å². The molecule has 0 heterocycles. The molecule has 0 fully saturated rings. The summed E-state index contributed by atoms with van der Waals surface area (Å²) in [4.78, 5) is 0. The minimum atomic E-state index is -3.42. The molecular weight excluding hydrogens is 262 g/mol. The van der Waals surface area contributed by atoms with Crippen LogP contribution in [0, 0.1) is 18.8 Å². The predicted octanol–water partition coefficient (Wildman–Crippen LogP) is 1.88. The molecule has 0 aliphatic heterocycles. The van der Waals surface area contributed by atoms with Gasteiger partial charge in [0, 0.05) is 11.3 Å². The van der Waals surface area contributed by atoms with Crippen LogP contribution in [0.3, 0.4) is 0 Å². The molecular formula is C14H19NO3S. The van der Waals surface area contributed by atoms with E-state index >= 15 is 0 Å². The number of nitrogens with one attached hydrogen (secondary N) is 1. The van der Waals surface area contributed by atoms with Gasteiger partial charge >= 0.3 is 0 Å². The Morgan fingerprint density at radius 3 is 2.42 bits per heavy atom. The van der Waals surface area contributed by atoms with Crippen LogP contribution in [-0.4, -0.2) is 24.9 Å². The first-order valence-electron chi connectivity index (χ1n) is 5.90. The van der Waals surface area contributed by atoms with E-state index in [2.05, 4.69) is 16.6 Å². The first-order valence-corrected chi connectivity index (χ1v) is 7.38. The largest absolute Gasteiger partial charge is 0.384 e. The van der Waals surface area contributed by atoms with Gasteiger partial charge < -0.3 is 5.11 Å². The molecule has 0 saturated carbocycles. The molecule has 1 aromatic carbocycles. The molecule has 2 N–H and O–H groups in total. The summed E-state index contributed by atoms with van der Waals surface area (Å²) < 4.78 is 25.7. The van der Waals surface area contributed by atoms with Crippen LogP contribution in [0.1, 0.15) is 31.9 Å². The number of hydrogen-bond donors (Lipinski definition) is 2. The zero-order valence-corrected chi connectivity index (χ0v) is 12.4. The molecule has 0 amide bonds. The highest BCUT2D eigenvalue weighted by Gasteiger charge is 2.28. The summed E-state index contributed by atoms with van der Waals surface area (Å²) in [7, 11) is -3.42. The molecule has 19 heavy (non-hydrogen) atoms. The Balaban J connectivity index is 3.04. The second-order valence-electron chi connectivity index (χ2n) is 5.21. The van der Waals surface area contributed by atoms with Gasteiger partial charge in [-0.1, -0.05) is 11.8 Å². The SMILES string of the molecule is Cc1cc(NS(=O)(=O)C(C)(C)C)ccc1C#CCO. The number of benzene rings is 1. The Kier molecular flexibility index (Phi) is 4.61. The van der Waals surface area contributed by atoms with E-state index in [1.54, 1.807) is 39.0 Å². The van der Waals surface area contributed by atoms with Gasteiger partial charge in [0.15, 0.2) is 0 Å². The van der Waals surface area contributed by atoms with Gasteiger partial charge in [0.1, 0.15) is 6.61 Å². The number of anilines is 1. The second-order valence-corrected chi connectivity index (χ2v) is 7.64. The summed E-state index contributed by atoms with van der Waals surface area (Å²) in [5.74, 6) is 5.37. The Morgan fingerprint density at radius 1 is 1.32 bits per heavy atom. The average molecular weight is 281 g/mol. The molecule has 1 aromatic rings. The van der Waals surface area contributed by atoms with Gasteiger partial charge in [-0.2, -0.15) is 0 Å². The van der Waals surface area contributed by atoms with Crippen molar-refractivity contribution in [2.24, 2.45) is 0 Å². The third-order valence-corrected chi connectivity index (χ3v) is 4.70. The molecule has 0 saturated heterocycles. The number of aliphatic hydroxyl groups is 1. The molecule has 1 rings (SSSR count). The van der Waals surface area contributed by atoms with Crippen LogP contribution in [0.25, 0.3) is 0 Å². The maximum atomic E-state index is 12.0. The van der Waals surface area contributed by atoms with E-state index in [4.69, 9.17) is 5.11 Å². The van der Waals surface area contributed by atoms with Gasteiger partial charge in [0.2, 0.25) is 10.0 Å². The topological polar surface area (TPSA) is 66.4 Å². The lowest BCUT2D eigenvalue weighted by Crippen LogP contribution is -2.33. The molecule has 0 spiro atoms. The standard InChI is InChI=1S/C14H19NO3S/c1-11-10-13(8-7-12(11)6-5-9-16)15-19(17,18)14(2,3)4/h7-8,10,15-16H,9H2,1-4H3. The highest BCUT2D eigenvalue weighted by Crippen LogP contribution is 2.21. The summed E-state index contributed by atoms with van der Waals surface area (Å²) in [5.41, 5.74) is 2.14. The third kappa shape index (κ3) is 3.98. The van der Waals surface area contributed by atoms with E-state index in [1.807, 2.05) is 6.92 Å². The van der Waals surface area contributed by atoms with Crippen LogP contribution in [0.15, 0.2) is 18.2 Å². The summed E-state index contributed by atoms with van der Waals surface area (Å²) in [6.07, 6.45) is 0. The molecule has 0 aliphatic rings. The summed E-state index contributed by atoms with van der Waals surface area (Å²) in [6, 6.07) is 5.13. The fourth-order valence-corrected chi connectivity index (χ4v) is 2.05. The number of aryl methyl sites for hydroxylation is 1. The highest BCUT2D eigenvalue weighted by molar-refractivity contribution is 7.94. The minimum Gasteiger partial charge on any atom is -0.384 e. The number of aliphatic hydroxyl groups excluding tert-OH is 1. The van der Waals surface area contributed by atoms with Crippen LogP contribution in [0.5, 0.6) is 0 Å². The van der Waals surface area contributed by atoms with E-state index in [-0.39, 0.29) is 6.61 Å². The molecule has 5 heteroatoms. The monoisotopic (exact) mass is 281 g/mol. The van der Waals surface area contributed by atoms with Crippen molar-refractivity contribution < 1.29 is 13.5 Å². The predicted molar refractivity (Wildman–Crippen MR) is 77.4 cm³/mol. The Morgan fingerprint density at radius 2 is 1.95 bits per heavy atom. The molecule has 0 aliphatic carbocycles. The van der Waals surface area contributed by atoms with Crippen molar-refractivity contribution in [3.05, 3.63) is 29.3 Å². The van der Waals surface area contributed by atoms with Crippen LogP contribution in [-0.2, 0) is 10.0 Å². The zero-order chi connectivity index (χ0) is 14.7. The number of hydrogen-bond acceptors (Lipinski definition) is 3. The van der Waals surface area contributed by atoms with Crippen LogP contribution < -0.4 is 4.72 Å². The van der Waals surface area contributed by atoms with Crippen molar-refractivity contribution >= 4 is 15.7 Å². The van der Waals surface area contributed by atoms with Crippen LogP contribution in [0.4, 0.5) is 5.69 Å². The normalized spacial score (nSPS) is 11.6. The van der Waals surface area contributed by atoms with Crippen molar-refractivity contribution in [3.63, 3.8) is 0 Å².